The third-order valence-corrected chi connectivity index (χ3v) is 8.08. The van der Waals surface area contributed by atoms with Gasteiger partial charge in [-0.3, -0.25) is 0 Å². The van der Waals surface area contributed by atoms with Crippen LogP contribution in [0.2, 0.25) is 0 Å². The number of hydrogen-bond acceptors (Lipinski definition) is 7. The van der Waals surface area contributed by atoms with E-state index in [9.17, 15) is 0 Å². The molecule has 2 atom stereocenters. The number of unbranched alkanes of at least 4 members (excludes halogenated alkanes) is 1. The number of benzene rings is 1. The molecule has 3 heterocycles. The molecule has 1 N–H and O–H groups in total. The van der Waals surface area contributed by atoms with E-state index in [4.69, 9.17) is 19.2 Å². The lowest BCUT2D eigenvalue weighted by Gasteiger charge is -2.26. The first-order valence-electron chi connectivity index (χ1n) is 14.6. The van der Waals surface area contributed by atoms with Crippen molar-refractivity contribution < 1.29 is 14.2 Å². The van der Waals surface area contributed by atoms with Gasteiger partial charge in [-0.1, -0.05) is 36.8 Å². The van der Waals surface area contributed by atoms with Crippen molar-refractivity contribution >= 4 is 5.95 Å². The summed E-state index contributed by atoms with van der Waals surface area (Å²) in [7, 11) is 0. The third kappa shape index (κ3) is 6.78. The summed E-state index contributed by atoms with van der Waals surface area (Å²) in [4.78, 5) is 12.0. The molecular formula is C32H40N4O3. The smallest absolute Gasteiger partial charge is 0.223 e. The Morgan fingerprint density at radius 2 is 1.90 bits per heavy atom. The van der Waals surface area contributed by atoms with Crippen molar-refractivity contribution in [2.24, 2.45) is 5.92 Å². The van der Waals surface area contributed by atoms with E-state index in [1.54, 1.807) is 0 Å². The van der Waals surface area contributed by atoms with Crippen LogP contribution in [0.25, 0.3) is 11.3 Å². The lowest BCUT2D eigenvalue weighted by Crippen LogP contribution is -2.30. The van der Waals surface area contributed by atoms with Crippen molar-refractivity contribution in [1.82, 2.24) is 14.9 Å². The molecule has 2 fully saturated rings. The van der Waals surface area contributed by atoms with Crippen LogP contribution in [0, 0.1) is 5.92 Å². The number of rotatable bonds is 6. The lowest BCUT2D eigenvalue weighted by atomic mass is 10.0. The van der Waals surface area contributed by atoms with E-state index < -0.39 is 0 Å². The molecule has 39 heavy (non-hydrogen) atoms. The second-order valence-corrected chi connectivity index (χ2v) is 11.1. The summed E-state index contributed by atoms with van der Waals surface area (Å²) in [6, 6.07) is 10.3. The van der Waals surface area contributed by atoms with Crippen molar-refractivity contribution in [2.45, 2.75) is 50.7 Å². The molecule has 1 saturated heterocycles. The van der Waals surface area contributed by atoms with E-state index in [2.05, 4.69) is 51.6 Å². The Balaban J connectivity index is 1.14. The standard InChI is InChI=1S/C32H40N4O3/c1-2-13-36(14-3-1)15-4-5-18-39-30-20-28-22-32(28)21-27(30)24-38-17-7-6-16-37-23-25-9-8-10-26(19-25)29-11-12-33-31(34-29)35-32/h6-12,19-21,28H,1-5,13-18,22-24H2,(H,33,34,35)/b7-6+. The number of hydrogen-bond donors (Lipinski definition) is 1. The topological polar surface area (TPSA) is 68.7 Å². The zero-order valence-electron chi connectivity index (χ0n) is 22.8. The van der Waals surface area contributed by atoms with Crippen molar-refractivity contribution in [3.05, 3.63) is 77.7 Å². The van der Waals surface area contributed by atoms with Crippen LogP contribution < -0.4 is 5.32 Å². The minimum atomic E-state index is -0.185. The maximum Gasteiger partial charge on any atom is 0.223 e. The van der Waals surface area contributed by atoms with Crippen molar-refractivity contribution in [3.8, 4) is 11.3 Å². The monoisotopic (exact) mass is 528 g/mol. The predicted molar refractivity (Wildman–Crippen MR) is 153 cm³/mol. The Morgan fingerprint density at radius 3 is 2.79 bits per heavy atom. The summed E-state index contributed by atoms with van der Waals surface area (Å²) in [5.74, 6) is 1.98. The quantitative estimate of drug-likeness (QED) is 0.391. The van der Waals surface area contributed by atoms with Gasteiger partial charge in [0.05, 0.1) is 44.3 Å². The molecule has 4 aliphatic rings. The van der Waals surface area contributed by atoms with E-state index in [1.165, 1.54) is 45.3 Å². The van der Waals surface area contributed by atoms with Gasteiger partial charge in [0.2, 0.25) is 5.95 Å². The van der Waals surface area contributed by atoms with Gasteiger partial charge in [0.25, 0.3) is 0 Å². The van der Waals surface area contributed by atoms with Gasteiger partial charge < -0.3 is 24.4 Å². The molecule has 7 nitrogen and oxygen atoms in total. The van der Waals surface area contributed by atoms with Gasteiger partial charge in [-0.2, -0.15) is 0 Å². The van der Waals surface area contributed by atoms with Crippen LogP contribution in [0.3, 0.4) is 0 Å². The molecule has 1 saturated carbocycles. The first-order chi connectivity index (χ1) is 19.3. The molecule has 1 aromatic carbocycles. The van der Waals surface area contributed by atoms with Gasteiger partial charge in [-0.25, -0.2) is 9.97 Å². The number of likely N-dealkylation sites (tertiary alicyclic amines) is 1. The van der Waals surface area contributed by atoms with Crippen LogP contribution in [-0.4, -0.2) is 66.5 Å². The predicted octanol–water partition coefficient (Wildman–Crippen LogP) is 5.52. The Labute approximate surface area is 232 Å². The molecule has 2 aliphatic heterocycles. The molecule has 1 spiro atoms. The average molecular weight is 529 g/mol. The summed E-state index contributed by atoms with van der Waals surface area (Å²) >= 11 is 0. The zero-order valence-corrected chi connectivity index (χ0v) is 22.8. The van der Waals surface area contributed by atoms with Gasteiger partial charge in [0.15, 0.2) is 0 Å². The molecule has 7 heteroatoms. The van der Waals surface area contributed by atoms with Gasteiger partial charge >= 0.3 is 0 Å². The summed E-state index contributed by atoms with van der Waals surface area (Å²) in [6.45, 7) is 6.58. The number of anilines is 1. The third-order valence-electron chi connectivity index (χ3n) is 8.08. The first-order valence-corrected chi connectivity index (χ1v) is 14.6. The maximum absolute atomic E-state index is 6.35. The fourth-order valence-corrected chi connectivity index (χ4v) is 5.81. The molecular weight excluding hydrogens is 488 g/mol. The SMILES string of the molecule is C1=C2COC/C=C/COCc3cccc(c3)-c3ccnc(n3)NC13CC3C=C2OCCCCN1CCCCC1. The molecule has 6 rings (SSSR count). The summed E-state index contributed by atoms with van der Waals surface area (Å²) < 4.78 is 18.2. The lowest BCUT2D eigenvalue weighted by molar-refractivity contribution is 0.145. The van der Waals surface area contributed by atoms with Crippen molar-refractivity contribution in [2.75, 3.05) is 51.4 Å². The minimum Gasteiger partial charge on any atom is -0.494 e. The fourth-order valence-electron chi connectivity index (χ4n) is 5.81. The van der Waals surface area contributed by atoms with Crippen LogP contribution >= 0.6 is 0 Å². The Bertz CT molecular complexity index is 1220. The van der Waals surface area contributed by atoms with Gasteiger partial charge in [-0.05, 0) is 81.6 Å². The highest BCUT2D eigenvalue weighted by Gasteiger charge is 2.54. The Morgan fingerprint density at radius 1 is 1.03 bits per heavy atom. The summed E-state index contributed by atoms with van der Waals surface area (Å²) in [6.07, 6.45) is 17.8. The van der Waals surface area contributed by atoms with E-state index in [0.29, 0.717) is 38.3 Å². The van der Waals surface area contributed by atoms with E-state index in [0.717, 1.165) is 47.6 Å². The molecule has 1 aromatic heterocycles. The number of fused-ring (bicyclic) bond motifs is 5. The first kappa shape index (κ1) is 26.2. The van der Waals surface area contributed by atoms with Crippen LogP contribution in [0.5, 0.6) is 0 Å². The van der Waals surface area contributed by atoms with Crippen LogP contribution in [-0.2, 0) is 20.8 Å². The fraction of sp³-hybridized carbons (Fsp3) is 0.500. The number of piperidine rings is 1. The molecule has 2 unspecified atom stereocenters. The average Bonchev–Trinajstić information content (AvgIpc) is 3.66. The highest BCUT2D eigenvalue weighted by Crippen LogP contribution is 2.52. The summed E-state index contributed by atoms with van der Waals surface area (Å²) in [5.41, 5.74) is 4.00. The Kier molecular flexibility index (Phi) is 8.38. The molecule has 6 bridgehead atoms. The zero-order chi connectivity index (χ0) is 26.3. The minimum absolute atomic E-state index is 0.185. The number of nitrogens with one attached hydrogen (secondary N) is 1. The van der Waals surface area contributed by atoms with Gasteiger partial charge in [0.1, 0.15) is 5.76 Å². The highest BCUT2D eigenvalue weighted by atomic mass is 16.5. The van der Waals surface area contributed by atoms with E-state index in [-0.39, 0.29) is 5.54 Å². The van der Waals surface area contributed by atoms with Crippen molar-refractivity contribution in [3.63, 3.8) is 0 Å². The van der Waals surface area contributed by atoms with Gasteiger partial charge in [0, 0.05) is 23.3 Å². The number of aromatic nitrogens is 2. The maximum atomic E-state index is 6.35. The Hall–Kier alpha value is -3.00. The van der Waals surface area contributed by atoms with Crippen LogP contribution in [0.1, 0.15) is 44.1 Å². The number of ether oxygens (including phenoxy) is 3. The highest BCUT2D eigenvalue weighted by molar-refractivity contribution is 5.62. The largest absolute Gasteiger partial charge is 0.494 e. The molecule has 0 amide bonds. The van der Waals surface area contributed by atoms with E-state index in [1.807, 2.05) is 24.4 Å². The summed E-state index contributed by atoms with van der Waals surface area (Å²) in [5, 5.41) is 3.65. The second kappa shape index (κ2) is 12.5. The molecule has 206 valence electrons. The van der Waals surface area contributed by atoms with Crippen molar-refractivity contribution in [1.29, 1.82) is 0 Å². The number of nitrogens with zero attached hydrogens (tertiary/aromatic N) is 3. The van der Waals surface area contributed by atoms with Gasteiger partial charge in [-0.15, -0.1) is 0 Å². The molecule has 2 aliphatic carbocycles. The second-order valence-electron chi connectivity index (χ2n) is 11.1. The van der Waals surface area contributed by atoms with Crippen LogP contribution in [0.4, 0.5) is 5.95 Å². The van der Waals surface area contributed by atoms with Crippen LogP contribution in [0.15, 0.2) is 72.2 Å². The van der Waals surface area contributed by atoms with E-state index >= 15 is 0 Å². The molecule has 0 radical (unpaired) electrons. The molecule has 2 aromatic rings. The normalized spacial score (nSPS) is 26.1.